The Bertz CT molecular complexity index is 541. The molecule has 19 heavy (non-hydrogen) atoms. The third-order valence-corrected chi connectivity index (χ3v) is 3.98. The number of benzene rings is 1. The van der Waals surface area contributed by atoms with E-state index >= 15 is 0 Å². The van der Waals surface area contributed by atoms with Crippen LogP contribution in [0.15, 0.2) is 28.7 Å². The first-order valence-corrected chi connectivity index (χ1v) is 7.10. The summed E-state index contributed by atoms with van der Waals surface area (Å²) in [5.41, 5.74) is 2.28. The van der Waals surface area contributed by atoms with Gasteiger partial charge in [-0.3, -0.25) is 0 Å². The first kappa shape index (κ1) is 12.7. The summed E-state index contributed by atoms with van der Waals surface area (Å²) >= 11 is 0. The molecular formula is C16H21NO2. The Labute approximate surface area is 113 Å². The summed E-state index contributed by atoms with van der Waals surface area (Å²) in [6, 6.07) is 8.26. The van der Waals surface area contributed by atoms with E-state index < -0.39 is 0 Å². The van der Waals surface area contributed by atoms with E-state index in [1.807, 2.05) is 19.1 Å². The van der Waals surface area contributed by atoms with Crippen LogP contribution in [0.4, 0.5) is 0 Å². The maximum atomic E-state index is 5.78. The summed E-state index contributed by atoms with van der Waals surface area (Å²) in [6.45, 7) is 5.84. The standard InChI is InChI=1S/C16H21NO2/c1-12-15(14-4-2-3-5-16(14)19-12)11-17-10-13-6-8-18-9-7-13/h2-5,13,17H,6-11H2,1H3. The molecule has 3 heteroatoms. The zero-order valence-electron chi connectivity index (χ0n) is 11.4. The molecule has 3 rings (SSSR count). The van der Waals surface area contributed by atoms with Crippen LogP contribution in [0.2, 0.25) is 0 Å². The Morgan fingerprint density at radius 2 is 2.00 bits per heavy atom. The number of aryl methyl sites for hydroxylation is 1. The van der Waals surface area contributed by atoms with Gasteiger partial charge in [0.05, 0.1) is 0 Å². The van der Waals surface area contributed by atoms with Gasteiger partial charge in [0, 0.05) is 30.7 Å². The summed E-state index contributed by atoms with van der Waals surface area (Å²) in [5, 5.41) is 4.81. The van der Waals surface area contributed by atoms with Gasteiger partial charge < -0.3 is 14.5 Å². The topological polar surface area (TPSA) is 34.4 Å². The lowest BCUT2D eigenvalue weighted by atomic mass is 10.0. The lowest BCUT2D eigenvalue weighted by molar-refractivity contribution is 0.0662. The highest BCUT2D eigenvalue weighted by Gasteiger charge is 2.14. The van der Waals surface area contributed by atoms with Crippen molar-refractivity contribution in [1.82, 2.24) is 5.32 Å². The molecule has 1 aromatic heterocycles. The van der Waals surface area contributed by atoms with Crippen molar-refractivity contribution < 1.29 is 9.15 Å². The van der Waals surface area contributed by atoms with Crippen molar-refractivity contribution in [2.24, 2.45) is 5.92 Å². The van der Waals surface area contributed by atoms with Crippen molar-refractivity contribution in [3.63, 3.8) is 0 Å². The van der Waals surface area contributed by atoms with Crippen molar-refractivity contribution >= 4 is 11.0 Å². The minimum Gasteiger partial charge on any atom is -0.461 e. The third kappa shape index (κ3) is 2.82. The Morgan fingerprint density at radius 3 is 2.84 bits per heavy atom. The molecule has 1 saturated heterocycles. The zero-order chi connectivity index (χ0) is 13.1. The average molecular weight is 259 g/mol. The lowest BCUT2D eigenvalue weighted by Gasteiger charge is -2.22. The largest absolute Gasteiger partial charge is 0.461 e. The van der Waals surface area contributed by atoms with Gasteiger partial charge in [0.1, 0.15) is 11.3 Å². The van der Waals surface area contributed by atoms with Gasteiger partial charge in [0.15, 0.2) is 0 Å². The maximum Gasteiger partial charge on any atom is 0.134 e. The molecule has 1 aromatic carbocycles. The molecule has 0 bridgehead atoms. The van der Waals surface area contributed by atoms with Crippen LogP contribution < -0.4 is 5.32 Å². The molecule has 0 amide bonds. The van der Waals surface area contributed by atoms with Crippen molar-refractivity contribution in [2.75, 3.05) is 19.8 Å². The fraction of sp³-hybridized carbons (Fsp3) is 0.500. The van der Waals surface area contributed by atoms with Gasteiger partial charge in [-0.15, -0.1) is 0 Å². The molecule has 1 aliphatic heterocycles. The first-order valence-electron chi connectivity index (χ1n) is 7.10. The van der Waals surface area contributed by atoms with Crippen LogP contribution in [0.5, 0.6) is 0 Å². The zero-order valence-corrected chi connectivity index (χ0v) is 11.4. The van der Waals surface area contributed by atoms with Crippen LogP contribution in [0.25, 0.3) is 11.0 Å². The summed E-state index contributed by atoms with van der Waals surface area (Å²) < 4.78 is 11.2. The minimum absolute atomic E-state index is 0.757. The summed E-state index contributed by atoms with van der Waals surface area (Å²) in [7, 11) is 0. The number of para-hydroxylation sites is 1. The Balaban J connectivity index is 1.63. The van der Waals surface area contributed by atoms with Crippen LogP contribution in [0.1, 0.15) is 24.2 Å². The van der Waals surface area contributed by atoms with Gasteiger partial charge in [0.25, 0.3) is 0 Å². The van der Waals surface area contributed by atoms with E-state index in [0.717, 1.165) is 43.6 Å². The molecule has 0 unspecified atom stereocenters. The third-order valence-electron chi connectivity index (χ3n) is 3.98. The highest BCUT2D eigenvalue weighted by atomic mass is 16.5. The second-order valence-corrected chi connectivity index (χ2v) is 5.32. The Hall–Kier alpha value is -1.32. The molecule has 102 valence electrons. The normalized spacial score (nSPS) is 17.1. The van der Waals surface area contributed by atoms with Crippen molar-refractivity contribution in [3.05, 3.63) is 35.6 Å². The number of furan rings is 1. The van der Waals surface area contributed by atoms with Gasteiger partial charge in [-0.05, 0) is 38.3 Å². The summed E-state index contributed by atoms with van der Waals surface area (Å²) in [6.07, 6.45) is 2.36. The summed E-state index contributed by atoms with van der Waals surface area (Å²) in [4.78, 5) is 0. The number of fused-ring (bicyclic) bond motifs is 1. The van der Waals surface area contributed by atoms with Gasteiger partial charge >= 0.3 is 0 Å². The molecule has 0 spiro atoms. The van der Waals surface area contributed by atoms with E-state index in [4.69, 9.17) is 9.15 Å². The van der Waals surface area contributed by atoms with E-state index in [9.17, 15) is 0 Å². The minimum atomic E-state index is 0.757. The molecule has 0 atom stereocenters. The highest BCUT2D eigenvalue weighted by molar-refractivity contribution is 5.82. The van der Waals surface area contributed by atoms with Crippen molar-refractivity contribution in [3.8, 4) is 0 Å². The quantitative estimate of drug-likeness (QED) is 0.915. The smallest absolute Gasteiger partial charge is 0.134 e. The van der Waals surface area contributed by atoms with Crippen LogP contribution in [-0.4, -0.2) is 19.8 Å². The van der Waals surface area contributed by atoms with E-state index in [0.29, 0.717) is 0 Å². The second-order valence-electron chi connectivity index (χ2n) is 5.32. The number of hydrogen-bond acceptors (Lipinski definition) is 3. The maximum absolute atomic E-state index is 5.78. The summed E-state index contributed by atoms with van der Waals surface area (Å²) in [5.74, 6) is 1.79. The highest BCUT2D eigenvalue weighted by Crippen LogP contribution is 2.25. The van der Waals surface area contributed by atoms with Crippen molar-refractivity contribution in [1.29, 1.82) is 0 Å². The van der Waals surface area contributed by atoms with Gasteiger partial charge in [-0.25, -0.2) is 0 Å². The predicted octanol–water partition coefficient (Wildman–Crippen LogP) is 3.26. The lowest BCUT2D eigenvalue weighted by Crippen LogP contribution is -2.27. The second kappa shape index (κ2) is 5.76. The Morgan fingerprint density at radius 1 is 1.21 bits per heavy atom. The first-order chi connectivity index (χ1) is 9.34. The molecule has 0 saturated carbocycles. The van der Waals surface area contributed by atoms with Crippen molar-refractivity contribution in [2.45, 2.75) is 26.3 Å². The van der Waals surface area contributed by atoms with E-state index in [2.05, 4.69) is 17.4 Å². The van der Waals surface area contributed by atoms with Crippen LogP contribution in [-0.2, 0) is 11.3 Å². The van der Waals surface area contributed by atoms with Gasteiger partial charge in [0.2, 0.25) is 0 Å². The van der Waals surface area contributed by atoms with Gasteiger partial charge in [-0.2, -0.15) is 0 Å². The average Bonchev–Trinajstić information content (AvgIpc) is 2.76. The number of hydrogen-bond donors (Lipinski definition) is 1. The molecule has 1 N–H and O–H groups in total. The molecule has 2 aromatic rings. The molecule has 0 radical (unpaired) electrons. The number of ether oxygens (including phenoxy) is 1. The monoisotopic (exact) mass is 259 g/mol. The molecular weight excluding hydrogens is 238 g/mol. The molecule has 1 fully saturated rings. The number of rotatable bonds is 4. The fourth-order valence-corrected chi connectivity index (χ4v) is 2.79. The number of nitrogens with one attached hydrogen (secondary N) is 1. The van der Waals surface area contributed by atoms with E-state index in [-0.39, 0.29) is 0 Å². The molecule has 2 heterocycles. The predicted molar refractivity (Wildman–Crippen MR) is 76.2 cm³/mol. The molecule has 3 nitrogen and oxygen atoms in total. The van der Waals surface area contributed by atoms with Gasteiger partial charge in [-0.1, -0.05) is 18.2 Å². The fourth-order valence-electron chi connectivity index (χ4n) is 2.79. The van der Waals surface area contributed by atoms with E-state index in [1.165, 1.54) is 23.8 Å². The van der Waals surface area contributed by atoms with Crippen LogP contribution >= 0.6 is 0 Å². The SMILES string of the molecule is Cc1oc2ccccc2c1CNCC1CCOCC1. The van der Waals surface area contributed by atoms with Crippen LogP contribution in [0, 0.1) is 12.8 Å². The molecule has 1 aliphatic rings. The Kier molecular flexibility index (Phi) is 3.85. The molecule has 0 aliphatic carbocycles. The van der Waals surface area contributed by atoms with Crippen LogP contribution in [0.3, 0.4) is 0 Å². The van der Waals surface area contributed by atoms with E-state index in [1.54, 1.807) is 0 Å².